The number of likely N-dealkylation sites (N-methyl/N-ethyl adjacent to an activating group) is 1. The number of nitrogens with zero attached hydrogens (tertiary/aromatic N) is 2. The van der Waals surface area contributed by atoms with Crippen molar-refractivity contribution in [3.8, 4) is 12.3 Å². The molecule has 4 heteroatoms. The molecule has 4 rings (SSSR count). The molecule has 1 aliphatic heterocycles. The number of benzene rings is 1. The van der Waals surface area contributed by atoms with Crippen molar-refractivity contribution in [2.24, 2.45) is 5.92 Å². The van der Waals surface area contributed by atoms with Crippen LogP contribution in [0, 0.1) is 18.3 Å². The zero-order chi connectivity index (χ0) is 16.8. The van der Waals surface area contributed by atoms with Gasteiger partial charge in [0.15, 0.2) is 0 Å². The molecular weight excluding hydrogens is 298 g/mol. The number of hydrogen-bond acceptors (Lipinski definition) is 2. The van der Waals surface area contributed by atoms with Crippen LogP contribution in [0.3, 0.4) is 0 Å². The van der Waals surface area contributed by atoms with Gasteiger partial charge in [-0.3, -0.25) is 9.69 Å². The summed E-state index contributed by atoms with van der Waals surface area (Å²) < 4.78 is 0. The third-order valence-corrected chi connectivity index (χ3v) is 5.29. The zero-order valence-corrected chi connectivity index (χ0v) is 14.0. The first-order valence-electron chi connectivity index (χ1n) is 8.30. The number of rotatable bonds is 2. The summed E-state index contributed by atoms with van der Waals surface area (Å²) in [5.74, 6) is 2.50. The number of aromatic nitrogens is 1. The van der Waals surface area contributed by atoms with Crippen LogP contribution in [0.15, 0.2) is 30.5 Å². The van der Waals surface area contributed by atoms with Crippen LogP contribution in [-0.4, -0.2) is 53.9 Å². The maximum Gasteiger partial charge on any atom is 0.231 e. The minimum absolute atomic E-state index is 0.0952. The molecule has 0 spiro atoms. The molecule has 24 heavy (non-hydrogen) atoms. The van der Waals surface area contributed by atoms with E-state index >= 15 is 0 Å². The van der Waals surface area contributed by atoms with Crippen molar-refractivity contribution in [3.63, 3.8) is 0 Å². The highest BCUT2D eigenvalue weighted by Gasteiger charge is 2.36. The van der Waals surface area contributed by atoms with Crippen LogP contribution in [0.1, 0.15) is 11.1 Å². The average molecular weight is 319 g/mol. The number of fused-ring (bicyclic) bond motifs is 2. The first-order chi connectivity index (χ1) is 11.6. The lowest BCUT2D eigenvalue weighted by atomic mass is 9.79. The van der Waals surface area contributed by atoms with E-state index in [9.17, 15) is 4.79 Å². The summed E-state index contributed by atoms with van der Waals surface area (Å²) in [6.07, 6.45) is 10.6. The summed E-state index contributed by atoms with van der Waals surface area (Å²) in [5.41, 5.74) is 5.06. The quantitative estimate of drug-likeness (QED) is 0.862. The monoisotopic (exact) mass is 319 g/mol. The van der Waals surface area contributed by atoms with Crippen LogP contribution in [-0.2, 0) is 11.2 Å². The third-order valence-electron chi connectivity index (χ3n) is 5.29. The third kappa shape index (κ3) is 2.16. The van der Waals surface area contributed by atoms with Gasteiger partial charge >= 0.3 is 0 Å². The molecule has 1 N–H and O–H groups in total. The van der Waals surface area contributed by atoms with E-state index in [4.69, 9.17) is 6.42 Å². The Morgan fingerprint density at radius 3 is 3.12 bits per heavy atom. The number of carbonyl (C=O) groups excluding carboxylic acids is 1. The Labute approximate surface area is 142 Å². The Morgan fingerprint density at radius 2 is 2.33 bits per heavy atom. The van der Waals surface area contributed by atoms with Crippen molar-refractivity contribution in [2.45, 2.75) is 12.5 Å². The van der Waals surface area contributed by atoms with Gasteiger partial charge in [0.25, 0.3) is 0 Å². The predicted molar refractivity (Wildman–Crippen MR) is 96.4 cm³/mol. The minimum atomic E-state index is -0.143. The molecule has 2 aromatic rings. The van der Waals surface area contributed by atoms with Gasteiger partial charge in [-0.2, -0.15) is 0 Å². The maximum absolute atomic E-state index is 12.7. The number of carbonyl (C=O) groups is 1. The zero-order valence-electron chi connectivity index (χ0n) is 14.0. The summed E-state index contributed by atoms with van der Waals surface area (Å²) in [5, 5.41) is 1.30. The average Bonchev–Trinajstić information content (AvgIpc) is 3.00. The number of nitrogens with one attached hydrogen (secondary N) is 1. The van der Waals surface area contributed by atoms with E-state index in [0.29, 0.717) is 12.6 Å². The highest BCUT2D eigenvalue weighted by Crippen LogP contribution is 2.40. The molecule has 2 atom stereocenters. The number of amides is 1. The van der Waals surface area contributed by atoms with Gasteiger partial charge in [0.05, 0.1) is 12.5 Å². The molecular formula is C20H21N3O. The lowest BCUT2D eigenvalue weighted by Crippen LogP contribution is -2.47. The Morgan fingerprint density at radius 1 is 1.50 bits per heavy atom. The number of aromatic amines is 1. The fourth-order valence-corrected chi connectivity index (χ4v) is 4.10. The van der Waals surface area contributed by atoms with Crippen LogP contribution in [0.25, 0.3) is 16.5 Å². The molecule has 1 aromatic carbocycles. The lowest BCUT2D eigenvalue weighted by Gasteiger charge is -2.40. The summed E-state index contributed by atoms with van der Waals surface area (Å²) >= 11 is 0. The molecule has 2 heterocycles. The number of hydrogen-bond donors (Lipinski definition) is 1. The Bertz CT molecular complexity index is 886. The van der Waals surface area contributed by atoms with Gasteiger partial charge in [-0.1, -0.05) is 24.1 Å². The van der Waals surface area contributed by atoms with Crippen molar-refractivity contribution in [1.82, 2.24) is 14.8 Å². The van der Waals surface area contributed by atoms with Gasteiger partial charge in [-0.15, -0.1) is 6.42 Å². The second-order valence-corrected chi connectivity index (χ2v) is 6.83. The smallest absolute Gasteiger partial charge is 0.231 e. The molecule has 0 saturated heterocycles. The lowest BCUT2D eigenvalue weighted by molar-refractivity contribution is -0.132. The van der Waals surface area contributed by atoms with Crippen LogP contribution in [0.5, 0.6) is 0 Å². The van der Waals surface area contributed by atoms with E-state index in [1.807, 2.05) is 0 Å². The fourth-order valence-electron chi connectivity index (χ4n) is 4.10. The fraction of sp³-hybridized carbons (Fsp3) is 0.350. The first kappa shape index (κ1) is 15.0. The molecule has 4 nitrogen and oxygen atoms in total. The SMILES string of the molecule is C#CCN(C)C(=O)C1C=C2c3cccc4[nH]cc(c34)CC2N(C)C1. The summed E-state index contributed by atoms with van der Waals surface area (Å²) in [7, 11) is 3.88. The molecule has 0 saturated carbocycles. The number of terminal acetylenes is 1. The second kappa shape index (κ2) is 5.54. The van der Waals surface area contributed by atoms with Gasteiger partial charge in [0.2, 0.25) is 5.91 Å². The molecule has 0 fully saturated rings. The predicted octanol–water partition coefficient (Wildman–Crippen LogP) is 2.13. The van der Waals surface area contributed by atoms with Crippen LogP contribution in [0.2, 0.25) is 0 Å². The summed E-state index contributed by atoms with van der Waals surface area (Å²) in [6, 6.07) is 6.69. The van der Waals surface area contributed by atoms with Crippen molar-refractivity contribution in [1.29, 1.82) is 0 Å². The maximum atomic E-state index is 12.7. The Hall–Kier alpha value is -2.51. The Kier molecular flexibility index (Phi) is 3.47. The van der Waals surface area contributed by atoms with E-state index in [-0.39, 0.29) is 11.8 Å². The van der Waals surface area contributed by atoms with Crippen molar-refractivity contribution in [2.75, 3.05) is 27.2 Å². The molecule has 1 aliphatic carbocycles. The summed E-state index contributed by atoms with van der Waals surface area (Å²) in [4.78, 5) is 20.0. The highest BCUT2D eigenvalue weighted by molar-refractivity contribution is 5.99. The molecule has 1 amide bonds. The van der Waals surface area contributed by atoms with Gasteiger partial charge in [0, 0.05) is 36.7 Å². The highest BCUT2D eigenvalue weighted by atomic mass is 16.2. The van der Waals surface area contributed by atoms with Crippen molar-refractivity contribution >= 4 is 22.4 Å². The molecule has 1 aromatic heterocycles. The van der Waals surface area contributed by atoms with Crippen LogP contribution >= 0.6 is 0 Å². The first-order valence-corrected chi connectivity index (χ1v) is 8.30. The second-order valence-electron chi connectivity index (χ2n) is 6.83. The van der Waals surface area contributed by atoms with E-state index < -0.39 is 0 Å². The van der Waals surface area contributed by atoms with E-state index in [1.165, 1.54) is 27.6 Å². The van der Waals surface area contributed by atoms with Gasteiger partial charge < -0.3 is 9.88 Å². The van der Waals surface area contributed by atoms with Gasteiger partial charge in [0.1, 0.15) is 0 Å². The Balaban J connectivity index is 1.79. The largest absolute Gasteiger partial charge is 0.361 e. The summed E-state index contributed by atoms with van der Waals surface area (Å²) in [6.45, 7) is 1.08. The van der Waals surface area contributed by atoms with Crippen LogP contribution in [0.4, 0.5) is 0 Å². The van der Waals surface area contributed by atoms with E-state index in [0.717, 1.165) is 13.0 Å². The molecule has 2 unspecified atom stereocenters. The minimum Gasteiger partial charge on any atom is -0.361 e. The van der Waals surface area contributed by atoms with Gasteiger partial charge in [-0.05, 0) is 36.2 Å². The standard InChI is InChI=1S/C20H21N3O/c1-4-8-22(2)20(24)14-9-16-15-6-5-7-17-19(15)13(11-21-17)10-18(16)23(3)12-14/h1,5-7,9,11,14,18,21H,8,10,12H2,2-3H3. The molecule has 0 bridgehead atoms. The van der Waals surface area contributed by atoms with E-state index in [1.54, 1.807) is 11.9 Å². The molecule has 0 radical (unpaired) electrons. The van der Waals surface area contributed by atoms with Gasteiger partial charge in [-0.25, -0.2) is 0 Å². The van der Waals surface area contributed by atoms with Crippen molar-refractivity contribution < 1.29 is 4.79 Å². The normalized spacial score (nSPS) is 22.6. The number of H-pyrrole nitrogens is 1. The van der Waals surface area contributed by atoms with Crippen LogP contribution < -0.4 is 0 Å². The van der Waals surface area contributed by atoms with E-state index in [2.05, 4.69) is 53.3 Å². The molecule has 2 aliphatic rings. The van der Waals surface area contributed by atoms with Crippen molar-refractivity contribution in [3.05, 3.63) is 41.6 Å². The molecule has 122 valence electrons. The topological polar surface area (TPSA) is 39.3 Å².